The topological polar surface area (TPSA) is 78.8 Å². The highest BCUT2D eigenvalue weighted by Gasteiger charge is 2.42. The number of carbonyl (C=O) groups is 1. The summed E-state index contributed by atoms with van der Waals surface area (Å²) in [6, 6.07) is 0. The molecule has 0 amide bonds. The second kappa shape index (κ2) is 5.55. The Morgan fingerprint density at radius 1 is 1.33 bits per heavy atom. The minimum absolute atomic E-state index is 0.0383. The van der Waals surface area contributed by atoms with Gasteiger partial charge in [-0.3, -0.25) is 4.79 Å². The van der Waals surface area contributed by atoms with Crippen LogP contribution in [0.2, 0.25) is 0 Å². The van der Waals surface area contributed by atoms with Gasteiger partial charge >= 0.3 is 0 Å². The Labute approximate surface area is 89.4 Å². The second-order valence-corrected chi connectivity index (χ2v) is 3.85. The fourth-order valence-electron chi connectivity index (χ4n) is 1.73. The lowest BCUT2D eigenvalue weighted by Crippen LogP contribution is -2.37. The number of likely N-dealkylation sites (N-methyl/N-ethyl adjacent to an activating group) is 1. The Hall–Kier alpha value is -0.490. The van der Waals surface area contributed by atoms with Crippen LogP contribution in [0.15, 0.2) is 0 Å². The molecule has 1 saturated heterocycles. The number of aliphatic hydroxyl groups excluding tert-OH is 2. The molecule has 0 radical (unpaired) electrons. The van der Waals surface area contributed by atoms with Gasteiger partial charge in [-0.05, 0) is 7.05 Å². The molecule has 88 valence electrons. The number of hydrogen-bond donors (Lipinski definition) is 3. The van der Waals surface area contributed by atoms with Gasteiger partial charge in [-0.2, -0.15) is 0 Å². The minimum atomic E-state index is -0.959. The zero-order valence-electron chi connectivity index (χ0n) is 9.14. The summed E-state index contributed by atoms with van der Waals surface area (Å²) in [5, 5.41) is 22.1. The molecule has 0 aromatic rings. The average molecular weight is 217 g/mol. The molecule has 0 aromatic heterocycles. The van der Waals surface area contributed by atoms with Crippen molar-refractivity contribution in [2.45, 2.75) is 44.2 Å². The molecule has 0 bridgehead atoms. The molecule has 0 spiro atoms. The monoisotopic (exact) mass is 217 g/mol. The van der Waals surface area contributed by atoms with Gasteiger partial charge in [0.15, 0.2) is 0 Å². The molecule has 3 N–H and O–H groups in total. The van der Waals surface area contributed by atoms with E-state index in [1.54, 1.807) is 14.0 Å². The van der Waals surface area contributed by atoms with Crippen molar-refractivity contribution in [2.24, 2.45) is 0 Å². The highest BCUT2D eigenvalue weighted by atomic mass is 16.5. The lowest BCUT2D eigenvalue weighted by Gasteiger charge is -2.13. The number of hydrogen-bond acceptors (Lipinski definition) is 5. The number of aliphatic hydroxyl groups is 2. The van der Waals surface area contributed by atoms with Crippen LogP contribution in [0.3, 0.4) is 0 Å². The van der Waals surface area contributed by atoms with Crippen molar-refractivity contribution < 1.29 is 19.7 Å². The van der Waals surface area contributed by atoms with Crippen LogP contribution in [0.5, 0.6) is 0 Å². The summed E-state index contributed by atoms with van der Waals surface area (Å²) in [7, 11) is 1.74. The molecule has 2 unspecified atom stereocenters. The largest absolute Gasteiger partial charge is 0.388 e. The van der Waals surface area contributed by atoms with Gasteiger partial charge in [-0.1, -0.05) is 6.92 Å². The maximum absolute atomic E-state index is 11.2. The van der Waals surface area contributed by atoms with Gasteiger partial charge in [-0.15, -0.1) is 0 Å². The maximum Gasteiger partial charge on any atom is 0.135 e. The third-order valence-corrected chi connectivity index (χ3v) is 2.69. The zero-order valence-corrected chi connectivity index (χ0v) is 9.14. The number of ether oxygens (including phenoxy) is 1. The first-order valence-electron chi connectivity index (χ1n) is 5.28. The molecule has 0 aromatic carbocycles. The average Bonchev–Trinajstić information content (AvgIpc) is 2.47. The molecule has 15 heavy (non-hydrogen) atoms. The van der Waals surface area contributed by atoms with Gasteiger partial charge in [0.05, 0.1) is 12.2 Å². The Balaban J connectivity index is 2.51. The van der Waals surface area contributed by atoms with Crippen LogP contribution < -0.4 is 5.32 Å². The van der Waals surface area contributed by atoms with Crippen molar-refractivity contribution in [3.05, 3.63) is 0 Å². The normalized spacial score (nSPS) is 35.7. The second-order valence-electron chi connectivity index (χ2n) is 3.85. The van der Waals surface area contributed by atoms with Crippen molar-refractivity contribution in [1.29, 1.82) is 0 Å². The van der Waals surface area contributed by atoms with Crippen molar-refractivity contribution in [2.75, 3.05) is 13.6 Å². The zero-order chi connectivity index (χ0) is 11.4. The van der Waals surface area contributed by atoms with Gasteiger partial charge in [0.25, 0.3) is 0 Å². The van der Waals surface area contributed by atoms with Gasteiger partial charge in [0.2, 0.25) is 0 Å². The predicted octanol–water partition coefficient (Wildman–Crippen LogP) is -0.936. The summed E-state index contributed by atoms with van der Waals surface area (Å²) >= 11 is 0. The van der Waals surface area contributed by atoms with E-state index in [9.17, 15) is 15.0 Å². The van der Waals surface area contributed by atoms with E-state index in [4.69, 9.17) is 4.74 Å². The van der Waals surface area contributed by atoms with Gasteiger partial charge < -0.3 is 20.3 Å². The summed E-state index contributed by atoms with van der Waals surface area (Å²) in [6.07, 6.45) is -2.26. The molecule has 5 nitrogen and oxygen atoms in total. The first-order valence-corrected chi connectivity index (χ1v) is 5.28. The first-order chi connectivity index (χ1) is 7.10. The van der Waals surface area contributed by atoms with Crippen molar-refractivity contribution in [3.8, 4) is 0 Å². The third kappa shape index (κ3) is 2.98. The quantitative estimate of drug-likeness (QED) is 0.554. The van der Waals surface area contributed by atoms with Crippen LogP contribution in [-0.4, -0.2) is 54.0 Å². The molecule has 4 atom stereocenters. The molecule has 1 aliphatic rings. The van der Waals surface area contributed by atoms with Crippen LogP contribution >= 0.6 is 0 Å². The van der Waals surface area contributed by atoms with Crippen LogP contribution in [-0.2, 0) is 9.53 Å². The third-order valence-electron chi connectivity index (χ3n) is 2.69. The predicted molar refractivity (Wildman–Crippen MR) is 54.5 cm³/mol. The minimum Gasteiger partial charge on any atom is -0.388 e. The molecule has 1 fully saturated rings. The lowest BCUT2D eigenvalue weighted by atomic mass is 10.0. The SMILES string of the molecule is CCC(=O)C[C@H]1O[C@H](CNC)C(O)C1O. The highest BCUT2D eigenvalue weighted by Crippen LogP contribution is 2.23. The van der Waals surface area contributed by atoms with E-state index in [0.29, 0.717) is 13.0 Å². The smallest absolute Gasteiger partial charge is 0.135 e. The summed E-state index contributed by atoms with van der Waals surface area (Å²) in [6.45, 7) is 2.24. The Morgan fingerprint density at radius 2 is 1.93 bits per heavy atom. The molecule has 0 saturated carbocycles. The van der Waals surface area contributed by atoms with Crippen molar-refractivity contribution in [1.82, 2.24) is 5.32 Å². The number of rotatable bonds is 5. The Kier molecular flexibility index (Phi) is 4.66. The van der Waals surface area contributed by atoms with Crippen molar-refractivity contribution in [3.63, 3.8) is 0 Å². The molecule has 5 heteroatoms. The van der Waals surface area contributed by atoms with Crippen LogP contribution in [0, 0.1) is 0 Å². The fourth-order valence-corrected chi connectivity index (χ4v) is 1.73. The molecular formula is C10H19NO4. The van der Waals surface area contributed by atoms with Crippen LogP contribution in [0.25, 0.3) is 0 Å². The maximum atomic E-state index is 11.2. The van der Waals surface area contributed by atoms with E-state index < -0.39 is 24.4 Å². The van der Waals surface area contributed by atoms with Crippen molar-refractivity contribution >= 4 is 5.78 Å². The molecule has 1 rings (SSSR count). The Morgan fingerprint density at radius 3 is 2.47 bits per heavy atom. The van der Waals surface area contributed by atoms with Crippen LogP contribution in [0.1, 0.15) is 19.8 Å². The first kappa shape index (κ1) is 12.6. The number of carbonyl (C=O) groups excluding carboxylic acids is 1. The lowest BCUT2D eigenvalue weighted by molar-refractivity contribution is -0.122. The molecule has 1 aliphatic heterocycles. The summed E-state index contributed by atoms with van der Waals surface area (Å²) < 4.78 is 5.42. The summed E-state index contributed by atoms with van der Waals surface area (Å²) in [4.78, 5) is 11.2. The van der Waals surface area contributed by atoms with E-state index in [1.165, 1.54) is 0 Å². The summed E-state index contributed by atoms with van der Waals surface area (Å²) in [5.41, 5.74) is 0. The van der Waals surface area contributed by atoms with E-state index in [-0.39, 0.29) is 12.2 Å². The van der Waals surface area contributed by atoms with Gasteiger partial charge in [-0.25, -0.2) is 0 Å². The number of nitrogens with one attached hydrogen (secondary N) is 1. The number of ketones is 1. The van der Waals surface area contributed by atoms with Crippen LogP contribution in [0.4, 0.5) is 0 Å². The van der Waals surface area contributed by atoms with E-state index >= 15 is 0 Å². The summed E-state index contributed by atoms with van der Waals surface area (Å²) in [5.74, 6) is 0.0383. The van der Waals surface area contributed by atoms with Gasteiger partial charge in [0.1, 0.15) is 18.0 Å². The highest BCUT2D eigenvalue weighted by molar-refractivity contribution is 5.78. The fraction of sp³-hybridized carbons (Fsp3) is 0.900. The molecule has 1 heterocycles. The molecule has 0 aliphatic carbocycles. The number of Topliss-reactive ketones (excluding diaryl/α,β-unsaturated/α-hetero) is 1. The van der Waals surface area contributed by atoms with Gasteiger partial charge in [0, 0.05) is 19.4 Å². The Bertz CT molecular complexity index is 221. The standard InChI is InChI=1S/C10H19NO4/c1-3-6(12)4-7-9(13)10(14)8(15-7)5-11-2/h7-11,13-14H,3-5H2,1-2H3/t7-,8-,9?,10?/m1/s1. The van der Waals surface area contributed by atoms with E-state index in [0.717, 1.165) is 0 Å². The van der Waals surface area contributed by atoms with E-state index in [2.05, 4.69) is 5.32 Å². The molecular weight excluding hydrogens is 198 g/mol. The van der Waals surface area contributed by atoms with E-state index in [1.807, 2.05) is 0 Å².